The van der Waals surface area contributed by atoms with Crippen molar-refractivity contribution < 1.29 is 14.3 Å². The van der Waals surface area contributed by atoms with Crippen LogP contribution in [0.2, 0.25) is 0 Å². The van der Waals surface area contributed by atoms with Gasteiger partial charge in [-0.1, -0.05) is 6.92 Å². The minimum absolute atomic E-state index is 0.0447. The fourth-order valence-corrected chi connectivity index (χ4v) is 2.72. The maximum Gasteiger partial charge on any atom is 0.271 e. The maximum absolute atomic E-state index is 12.3. The molecule has 1 atom stereocenters. The SMILES string of the molecule is COc1cc(C(=O)N/N=C2/CCC[C@H](C)C2)ccc1OC(C)C. The Morgan fingerprint density at radius 3 is 2.78 bits per heavy atom. The lowest BCUT2D eigenvalue weighted by Crippen LogP contribution is -2.22. The van der Waals surface area contributed by atoms with E-state index in [1.54, 1.807) is 25.3 Å². The third-order valence-electron chi connectivity index (χ3n) is 3.85. The van der Waals surface area contributed by atoms with Gasteiger partial charge in [0.25, 0.3) is 5.91 Å². The van der Waals surface area contributed by atoms with Gasteiger partial charge in [0.15, 0.2) is 11.5 Å². The van der Waals surface area contributed by atoms with Crippen LogP contribution in [0.3, 0.4) is 0 Å². The molecule has 23 heavy (non-hydrogen) atoms. The third kappa shape index (κ3) is 4.98. The number of carbonyl (C=O) groups is 1. The quantitative estimate of drug-likeness (QED) is 0.841. The van der Waals surface area contributed by atoms with Crippen LogP contribution in [-0.2, 0) is 0 Å². The second-order valence-electron chi connectivity index (χ2n) is 6.35. The zero-order valence-corrected chi connectivity index (χ0v) is 14.4. The molecule has 5 nitrogen and oxygen atoms in total. The standard InChI is InChI=1S/C18H26N2O3/c1-12(2)23-16-9-8-14(11-17(16)22-4)18(21)20-19-15-7-5-6-13(3)10-15/h8-9,11-13H,5-7,10H2,1-4H3,(H,20,21)/b19-15-/t13-/m0/s1. The normalized spacial score (nSPS) is 19.7. The monoisotopic (exact) mass is 318 g/mol. The molecule has 1 aromatic rings. The number of hydrogen-bond donors (Lipinski definition) is 1. The topological polar surface area (TPSA) is 59.9 Å². The Morgan fingerprint density at radius 2 is 2.13 bits per heavy atom. The fraction of sp³-hybridized carbons (Fsp3) is 0.556. The molecule has 2 rings (SSSR count). The number of benzene rings is 1. The van der Waals surface area contributed by atoms with Gasteiger partial charge >= 0.3 is 0 Å². The molecule has 0 spiro atoms. The largest absolute Gasteiger partial charge is 0.493 e. The molecule has 0 saturated heterocycles. The number of nitrogens with one attached hydrogen (secondary N) is 1. The molecule has 0 heterocycles. The molecule has 1 fully saturated rings. The smallest absolute Gasteiger partial charge is 0.271 e. The Morgan fingerprint density at radius 1 is 1.35 bits per heavy atom. The van der Waals surface area contributed by atoms with E-state index in [2.05, 4.69) is 17.5 Å². The van der Waals surface area contributed by atoms with Crippen LogP contribution in [0.5, 0.6) is 11.5 Å². The molecular weight excluding hydrogens is 292 g/mol. The van der Waals surface area contributed by atoms with E-state index in [1.807, 2.05) is 13.8 Å². The average molecular weight is 318 g/mol. The van der Waals surface area contributed by atoms with Gasteiger partial charge in [0, 0.05) is 11.3 Å². The first-order valence-corrected chi connectivity index (χ1v) is 8.20. The Balaban J connectivity index is 2.05. The van der Waals surface area contributed by atoms with Crippen molar-refractivity contribution in [3.8, 4) is 11.5 Å². The summed E-state index contributed by atoms with van der Waals surface area (Å²) in [4.78, 5) is 12.3. The first-order chi connectivity index (χ1) is 11.0. The molecule has 0 bridgehead atoms. The van der Waals surface area contributed by atoms with Crippen molar-refractivity contribution in [3.63, 3.8) is 0 Å². The Bertz CT molecular complexity index is 582. The van der Waals surface area contributed by atoms with E-state index in [0.717, 1.165) is 25.0 Å². The van der Waals surface area contributed by atoms with Crippen molar-refractivity contribution in [2.45, 2.75) is 52.6 Å². The summed E-state index contributed by atoms with van der Waals surface area (Å²) in [5, 5.41) is 4.28. The number of hydrogen-bond acceptors (Lipinski definition) is 4. The van der Waals surface area contributed by atoms with Crippen molar-refractivity contribution in [3.05, 3.63) is 23.8 Å². The van der Waals surface area contributed by atoms with E-state index in [-0.39, 0.29) is 12.0 Å². The van der Waals surface area contributed by atoms with Gasteiger partial charge in [-0.05, 0) is 63.6 Å². The lowest BCUT2D eigenvalue weighted by molar-refractivity contribution is 0.0954. The number of carbonyl (C=O) groups excluding carboxylic acids is 1. The summed E-state index contributed by atoms with van der Waals surface area (Å²) in [6.07, 6.45) is 4.36. The van der Waals surface area contributed by atoms with Crippen molar-refractivity contribution in [1.82, 2.24) is 5.43 Å². The van der Waals surface area contributed by atoms with Crippen molar-refractivity contribution >= 4 is 11.6 Å². The highest BCUT2D eigenvalue weighted by Crippen LogP contribution is 2.29. The Kier molecular flexibility index (Phi) is 6.02. The number of ether oxygens (including phenoxy) is 2. The summed E-state index contributed by atoms with van der Waals surface area (Å²) >= 11 is 0. The Labute approximate surface area is 138 Å². The highest BCUT2D eigenvalue weighted by molar-refractivity contribution is 5.96. The molecule has 1 aliphatic carbocycles. The molecule has 5 heteroatoms. The van der Waals surface area contributed by atoms with Gasteiger partial charge in [-0.2, -0.15) is 5.10 Å². The summed E-state index contributed by atoms with van der Waals surface area (Å²) in [5.74, 6) is 1.59. The van der Waals surface area contributed by atoms with Crippen molar-refractivity contribution in [1.29, 1.82) is 0 Å². The van der Waals surface area contributed by atoms with Crippen LogP contribution in [0.15, 0.2) is 23.3 Å². The van der Waals surface area contributed by atoms with Gasteiger partial charge in [-0.25, -0.2) is 5.43 Å². The number of hydrazone groups is 1. The van der Waals surface area contributed by atoms with Crippen LogP contribution in [0.1, 0.15) is 56.8 Å². The van der Waals surface area contributed by atoms with Gasteiger partial charge in [0.1, 0.15) is 0 Å². The van der Waals surface area contributed by atoms with E-state index in [4.69, 9.17) is 9.47 Å². The second kappa shape index (κ2) is 7.99. The summed E-state index contributed by atoms with van der Waals surface area (Å²) in [6, 6.07) is 5.15. The summed E-state index contributed by atoms with van der Waals surface area (Å²) in [7, 11) is 1.56. The van der Waals surface area contributed by atoms with E-state index < -0.39 is 0 Å². The van der Waals surface area contributed by atoms with Gasteiger partial charge in [0.2, 0.25) is 0 Å². The second-order valence-corrected chi connectivity index (χ2v) is 6.35. The lowest BCUT2D eigenvalue weighted by Gasteiger charge is -2.19. The average Bonchev–Trinajstić information content (AvgIpc) is 2.52. The van der Waals surface area contributed by atoms with Crippen LogP contribution in [0, 0.1) is 5.92 Å². The molecule has 1 amide bonds. The number of methoxy groups -OCH3 is 1. The predicted molar refractivity (Wildman–Crippen MR) is 91.3 cm³/mol. The molecular formula is C18H26N2O3. The van der Waals surface area contributed by atoms with Gasteiger partial charge in [0.05, 0.1) is 13.2 Å². The van der Waals surface area contributed by atoms with E-state index in [1.165, 1.54) is 6.42 Å². The first-order valence-electron chi connectivity index (χ1n) is 8.20. The van der Waals surface area contributed by atoms with Crippen LogP contribution in [-0.4, -0.2) is 24.8 Å². The molecule has 0 aliphatic heterocycles. The first kappa shape index (κ1) is 17.3. The molecule has 0 unspecified atom stereocenters. The summed E-state index contributed by atoms with van der Waals surface area (Å²) in [6.45, 7) is 6.11. The number of nitrogens with zero attached hydrogens (tertiary/aromatic N) is 1. The predicted octanol–water partition coefficient (Wildman–Crippen LogP) is 3.78. The van der Waals surface area contributed by atoms with Crippen LogP contribution >= 0.6 is 0 Å². The molecule has 126 valence electrons. The van der Waals surface area contributed by atoms with Gasteiger partial charge in [-0.3, -0.25) is 4.79 Å². The van der Waals surface area contributed by atoms with Crippen LogP contribution < -0.4 is 14.9 Å². The maximum atomic E-state index is 12.3. The van der Waals surface area contributed by atoms with E-state index in [0.29, 0.717) is 23.0 Å². The zero-order chi connectivity index (χ0) is 16.8. The highest BCUT2D eigenvalue weighted by atomic mass is 16.5. The fourth-order valence-electron chi connectivity index (χ4n) is 2.72. The Hall–Kier alpha value is -2.04. The number of rotatable bonds is 5. The summed E-state index contributed by atoms with van der Waals surface area (Å²) in [5.41, 5.74) is 4.23. The molecule has 1 saturated carbocycles. The van der Waals surface area contributed by atoms with Gasteiger partial charge in [-0.15, -0.1) is 0 Å². The minimum Gasteiger partial charge on any atom is -0.493 e. The van der Waals surface area contributed by atoms with E-state index in [9.17, 15) is 4.79 Å². The van der Waals surface area contributed by atoms with Crippen LogP contribution in [0.4, 0.5) is 0 Å². The molecule has 1 aliphatic rings. The minimum atomic E-state index is -0.231. The van der Waals surface area contributed by atoms with E-state index >= 15 is 0 Å². The van der Waals surface area contributed by atoms with Gasteiger partial charge < -0.3 is 9.47 Å². The zero-order valence-electron chi connectivity index (χ0n) is 14.4. The lowest BCUT2D eigenvalue weighted by atomic mass is 9.89. The highest BCUT2D eigenvalue weighted by Gasteiger charge is 2.15. The number of amides is 1. The van der Waals surface area contributed by atoms with Crippen molar-refractivity contribution in [2.24, 2.45) is 11.0 Å². The van der Waals surface area contributed by atoms with Crippen LogP contribution in [0.25, 0.3) is 0 Å². The molecule has 0 radical (unpaired) electrons. The van der Waals surface area contributed by atoms with Crippen molar-refractivity contribution in [2.75, 3.05) is 7.11 Å². The molecule has 0 aromatic heterocycles. The third-order valence-corrected chi connectivity index (χ3v) is 3.85. The molecule has 1 aromatic carbocycles. The molecule has 1 N–H and O–H groups in total. The summed E-state index contributed by atoms with van der Waals surface area (Å²) < 4.78 is 11.0.